The number of ketones is 1. The standard InChI is InChI=1S/C66H81N7O8/c1-8-67-25-17-9-10-22-55(74)23-15-16-24-63(75)69-45(5)42(2)26-44(4)64(76)70-52-29-46(40-80-60-35-59-57(27-43(60)3)66(78)73-38-51-21-14-12-19-49(51)32-54(73)39-71(59)6)28-47(30-52)41-81-62-34-58-56(33-61(62)79-7)65(77)72-37-50-20-13-11-18-48(50)31-53(72)36-68-58/h11-14,18-21,27-30,33-35,44-45,53-54,67-68H,2,8-10,15-17,22-26,31-32,36-41H2,1,3-7H3,(H,69,75)(H,70,76)/t44-,45+,53+,54+/m1/s1. The zero-order valence-electron chi connectivity index (χ0n) is 48.2. The first-order valence-corrected chi connectivity index (χ1v) is 29.1. The highest BCUT2D eigenvalue weighted by atomic mass is 16.5. The molecule has 0 fully saturated rings. The van der Waals surface area contributed by atoms with Crippen molar-refractivity contribution in [1.82, 2.24) is 20.4 Å². The Morgan fingerprint density at radius 2 is 1.35 bits per heavy atom. The molecule has 0 saturated heterocycles. The van der Waals surface area contributed by atoms with Crippen molar-refractivity contribution < 1.29 is 38.2 Å². The van der Waals surface area contributed by atoms with Crippen LogP contribution in [0.25, 0.3) is 0 Å². The summed E-state index contributed by atoms with van der Waals surface area (Å²) in [5.74, 6) is 0.884. The van der Waals surface area contributed by atoms with Crippen LogP contribution in [0.1, 0.15) is 138 Å². The lowest BCUT2D eigenvalue weighted by atomic mass is 9.93. The fourth-order valence-corrected chi connectivity index (χ4v) is 11.7. The molecule has 15 heteroatoms. The van der Waals surface area contributed by atoms with Gasteiger partial charge in [-0.1, -0.05) is 81.0 Å². The number of hydrogen-bond acceptors (Lipinski definition) is 11. The summed E-state index contributed by atoms with van der Waals surface area (Å²) in [4.78, 5) is 74.0. The van der Waals surface area contributed by atoms with Crippen molar-refractivity contribution in [3.63, 3.8) is 0 Å². The fraction of sp³-hybridized carbons (Fsp3) is 0.439. The number of aryl methyl sites for hydroxylation is 1. The number of Topliss-reactive ketones (excluding diaryl/α,β-unsaturated/α-hetero) is 1. The first-order valence-electron chi connectivity index (χ1n) is 29.1. The summed E-state index contributed by atoms with van der Waals surface area (Å²) in [5.41, 5.74) is 11.1. The van der Waals surface area contributed by atoms with Gasteiger partial charge in [0.25, 0.3) is 11.8 Å². The third kappa shape index (κ3) is 14.3. The highest BCUT2D eigenvalue weighted by Gasteiger charge is 2.37. The minimum Gasteiger partial charge on any atom is -0.493 e. The van der Waals surface area contributed by atoms with Crippen LogP contribution in [0, 0.1) is 12.8 Å². The Morgan fingerprint density at radius 1 is 0.728 bits per heavy atom. The summed E-state index contributed by atoms with van der Waals surface area (Å²) in [7, 11) is 3.59. The minimum absolute atomic E-state index is 0.0112. The molecule has 4 N–H and O–H groups in total. The number of rotatable bonds is 25. The number of nitrogens with one attached hydrogen (secondary N) is 4. The van der Waals surface area contributed by atoms with E-state index in [1.54, 1.807) is 13.2 Å². The highest BCUT2D eigenvalue weighted by Crippen LogP contribution is 2.40. The molecule has 0 unspecified atom stereocenters. The Morgan fingerprint density at radius 3 is 2.02 bits per heavy atom. The van der Waals surface area contributed by atoms with Gasteiger partial charge in [0, 0.05) is 82.3 Å². The molecule has 0 bridgehead atoms. The molecule has 4 aliphatic heterocycles. The summed E-state index contributed by atoms with van der Waals surface area (Å²) >= 11 is 0. The molecule has 15 nitrogen and oxygen atoms in total. The second-order valence-corrected chi connectivity index (χ2v) is 22.6. The van der Waals surface area contributed by atoms with Crippen LogP contribution in [0.3, 0.4) is 0 Å². The highest BCUT2D eigenvalue weighted by molar-refractivity contribution is 6.02. The molecule has 428 valence electrons. The molecule has 5 aromatic rings. The van der Waals surface area contributed by atoms with Crippen LogP contribution >= 0.6 is 0 Å². The van der Waals surface area contributed by atoms with Crippen molar-refractivity contribution >= 4 is 46.5 Å². The molecule has 0 aromatic heterocycles. The van der Waals surface area contributed by atoms with Gasteiger partial charge < -0.3 is 50.2 Å². The molecule has 4 amide bonds. The van der Waals surface area contributed by atoms with Crippen molar-refractivity contribution in [1.29, 1.82) is 0 Å². The second-order valence-electron chi connectivity index (χ2n) is 22.6. The van der Waals surface area contributed by atoms with E-state index in [1.807, 2.05) is 92.2 Å². The van der Waals surface area contributed by atoms with Gasteiger partial charge in [-0.05, 0) is 141 Å². The normalized spacial score (nSPS) is 16.8. The lowest BCUT2D eigenvalue weighted by molar-refractivity contribution is -0.122. The van der Waals surface area contributed by atoms with Crippen molar-refractivity contribution in [3.8, 4) is 17.2 Å². The van der Waals surface area contributed by atoms with E-state index in [9.17, 15) is 24.0 Å². The van der Waals surface area contributed by atoms with E-state index in [-0.39, 0.29) is 60.8 Å². The van der Waals surface area contributed by atoms with Crippen LogP contribution in [0.15, 0.2) is 103 Å². The molecule has 0 radical (unpaired) electrons. The molecular weight excluding hydrogens is 1020 g/mol. The smallest absolute Gasteiger partial charge is 0.256 e. The number of methoxy groups -OCH3 is 1. The van der Waals surface area contributed by atoms with Crippen LogP contribution in [-0.2, 0) is 53.5 Å². The third-order valence-electron chi connectivity index (χ3n) is 16.5. The second kappa shape index (κ2) is 26.7. The van der Waals surface area contributed by atoms with E-state index in [4.69, 9.17) is 14.2 Å². The predicted molar refractivity (Wildman–Crippen MR) is 318 cm³/mol. The Labute approximate surface area is 478 Å². The largest absolute Gasteiger partial charge is 0.493 e. The van der Waals surface area contributed by atoms with E-state index in [1.165, 1.54) is 16.7 Å². The number of benzene rings is 5. The monoisotopic (exact) mass is 1100 g/mol. The van der Waals surface area contributed by atoms with Gasteiger partial charge >= 0.3 is 0 Å². The van der Waals surface area contributed by atoms with E-state index in [2.05, 4.69) is 70.0 Å². The van der Waals surface area contributed by atoms with Crippen molar-refractivity contribution in [2.45, 2.75) is 143 Å². The summed E-state index contributed by atoms with van der Waals surface area (Å²) in [5, 5.41) is 13.0. The molecular formula is C66H81N7O8. The van der Waals surface area contributed by atoms with E-state index < -0.39 is 5.92 Å². The fourth-order valence-electron chi connectivity index (χ4n) is 11.7. The van der Waals surface area contributed by atoms with Gasteiger partial charge in [-0.25, -0.2) is 0 Å². The summed E-state index contributed by atoms with van der Waals surface area (Å²) in [6.07, 6.45) is 7.61. The molecule has 0 aliphatic carbocycles. The number of fused-ring (bicyclic) bond motifs is 6. The van der Waals surface area contributed by atoms with E-state index >= 15 is 0 Å². The first kappa shape index (κ1) is 58.0. The maximum atomic E-state index is 14.3. The van der Waals surface area contributed by atoms with Crippen LogP contribution in [0.2, 0.25) is 0 Å². The van der Waals surface area contributed by atoms with Gasteiger partial charge in [0.05, 0.1) is 41.7 Å². The Hall–Kier alpha value is -7.65. The SMILES string of the molecule is C=C(C[C@@H](C)C(=O)Nc1cc(COc2cc3c(cc2C)C(=O)N2Cc4ccccc4C[C@H]2CN3C)cc(COc2cc3c(cc2OC)C(=O)N2Cc4ccccc4C[C@H]2CN3)c1)[C@H](C)NC(=O)CCCCC(=O)CCCCCNCC. The van der Waals surface area contributed by atoms with Gasteiger partial charge in [-0.15, -0.1) is 0 Å². The Balaban J connectivity index is 0.871. The maximum absolute atomic E-state index is 14.3. The lowest BCUT2D eigenvalue weighted by Gasteiger charge is -2.36. The van der Waals surface area contributed by atoms with Crippen molar-refractivity contribution in [3.05, 3.63) is 153 Å². The van der Waals surface area contributed by atoms with E-state index in [0.717, 1.165) is 78.7 Å². The minimum atomic E-state index is -0.491. The van der Waals surface area contributed by atoms with Crippen LogP contribution < -0.4 is 40.4 Å². The first-order chi connectivity index (χ1) is 39.2. The maximum Gasteiger partial charge on any atom is 0.256 e. The third-order valence-corrected chi connectivity index (χ3v) is 16.5. The molecule has 0 spiro atoms. The number of nitrogens with zero attached hydrogens (tertiary/aromatic N) is 3. The van der Waals surface area contributed by atoms with Gasteiger partial charge in [0.2, 0.25) is 11.8 Å². The Kier molecular flexibility index (Phi) is 19.2. The predicted octanol–water partition coefficient (Wildman–Crippen LogP) is 10.5. The van der Waals surface area contributed by atoms with Gasteiger partial charge in [0.15, 0.2) is 11.5 Å². The molecule has 9 rings (SSSR count). The zero-order valence-corrected chi connectivity index (χ0v) is 48.2. The quantitative estimate of drug-likeness (QED) is 0.0324. The number of ether oxygens (including phenoxy) is 3. The molecule has 4 heterocycles. The molecule has 5 aromatic carbocycles. The van der Waals surface area contributed by atoms with Crippen LogP contribution in [0.4, 0.5) is 17.1 Å². The average Bonchev–Trinajstić information content (AvgIpc) is 3.90. The molecule has 0 saturated carbocycles. The average molecular weight is 1100 g/mol. The van der Waals surface area contributed by atoms with E-state index in [0.29, 0.717) is 104 Å². The number of carbonyl (C=O) groups excluding carboxylic acids is 5. The number of anilines is 3. The number of amides is 4. The number of carbonyl (C=O) groups is 5. The number of hydrogen-bond donors (Lipinski definition) is 4. The van der Waals surface area contributed by atoms with Crippen molar-refractivity contribution in [2.75, 3.05) is 55.9 Å². The lowest BCUT2D eigenvalue weighted by Crippen LogP contribution is -2.47. The van der Waals surface area contributed by atoms with Crippen molar-refractivity contribution in [2.24, 2.45) is 5.92 Å². The summed E-state index contributed by atoms with van der Waals surface area (Å²) < 4.78 is 19.1. The van der Waals surface area contributed by atoms with Gasteiger partial charge in [0.1, 0.15) is 24.7 Å². The topological polar surface area (TPSA) is 171 Å². The summed E-state index contributed by atoms with van der Waals surface area (Å²) in [6.45, 7) is 16.6. The van der Waals surface area contributed by atoms with Gasteiger partial charge in [-0.3, -0.25) is 24.0 Å². The molecule has 4 aliphatic rings. The Bertz CT molecular complexity index is 3140. The summed E-state index contributed by atoms with van der Waals surface area (Å²) in [6, 6.07) is 29.5. The number of likely N-dealkylation sites (N-methyl/N-ethyl adjacent to an activating group) is 1. The zero-order chi connectivity index (χ0) is 57.2. The molecule has 81 heavy (non-hydrogen) atoms. The van der Waals surface area contributed by atoms with Crippen LogP contribution in [0.5, 0.6) is 17.2 Å². The number of unbranched alkanes of at least 4 members (excludes halogenated alkanes) is 3. The van der Waals surface area contributed by atoms with Crippen LogP contribution in [-0.4, -0.2) is 97.7 Å². The van der Waals surface area contributed by atoms with Gasteiger partial charge in [-0.2, -0.15) is 0 Å². The molecule has 4 atom stereocenters.